The molecule has 0 saturated heterocycles. The van der Waals surface area contributed by atoms with Crippen molar-refractivity contribution in [1.29, 1.82) is 0 Å². The van der Waals surface area contributed by atoms with E-state index < -0.39 is 0 Å². The van der Waals surface area contributed by atoms with Crippen LogP contribution in [0.2, 0.25) is 0 Å². The lowest BCUT2D eigenvalue weighted by molar-refractivity contribution is -0.121. The fourth-order valence-electron chi connectivity index (χ4n) is 2.42. The third-order valence-electron chi connectivity index (χ3n) is 3.48. The van der Waals surface area contributed by atoms with Gasteiger partial charge in [-0.2, -0.15) is 0 Å². The first kappa shape index (κ1) is 13.5. The van der Waals surface area contributed by atoms with Crippen molar-refractivity contribution in [3.05, 3.63) is 42.2 Å². The largest absolute Gasteiger partial charge is 0.487 e. The molecular weight excluding hydrogens is 266 g/mol. The molecule has 108 valence electrons. The normalized spacial score (nSPS) is 16.1. The number of hydrogen-bond acceptors (Lipinski definition) is 4. The first-order chi connectivity index (χ1) is 10.3. The number of rotatable bonds is 4. The van der Waals surface area contributed by atoms with Crippen molar-refractivity contribution >= 4 is 5.91 Å². The highest BCUT2D eigenvalue weighted by atomic mass is 16.5. The van der Waals surface area contributed by atoms with Crippen molar-refractivity contribution in [1.82, 2.24) is 15.3 Å². The first-order valence-corrected chi connectivity index (χ1v) is 7.10. The number of benzene rings is 1. The summed E-state index contributed by atoms with van der Waals surface area (Å²) in [5.41, 5.74) is 2.04. The van der Waals surface area contributed by atoms with Gasteiger partial charge < -0.3 is 10.1 Å². The van der Waals surface area contributed by atoms with Crippen LogP contribution in [0.1, 0.15) is 18.9 Å². The zero-order chi connectivity index (χ0) is 14.7. The van der Waals surface area contributed by atoms with E-state index in [-0.39, 0.29) is 12.0 Å². The van der Waals surface area contributed by atoms with Crippen molar-refractivity contribution in [2.45, 2.75) is 25.9 Å². The van der Waals surface area contributed by atoms with Crippen LogP contribution in [0.15, 0.2) is 36.7 Å². The molecule has 1 aliphatic heterocycles. The maximum Gasteiger partial charge on any atom is 0.219 e. The predicted molar refractivity (Wildman–Crippen MR) is 78.9 cm³/mol. The zero-order valence-electron chi connectivity index (χ0n) is 11.9. The van der Waals surface area contributed by atoms with Gasteiger partial charge in [-0.25, -0.2) is 9.97 Å². The molecule has 0 spiro atoms. The molecule has 1 unspecified atom stereocenters. The smallest absolute Gasteiger partial charge is 0.219 e. The fourth-order valence-corrected chi connectivity index (χ4v) is 2.42. The van der Waals surface area contributed by atoms with Crippen LogP contribution in [0.4, 0.5) is 0 Å². The Bertz CT molecular complexity index is 643. The molecular formula is C16H17N3O2. The van der Waals surface area contributed by atoms with Crippen molar-refractivity contribution in [2.75, 3.05) is 6.54 Å². The Morgan fingerprint density at radius 3 is 2.90 bits per heavy atom. The number of aromatic nitrogens is 2. The van der Waals surface area contributed by atoms with Crippen molar-refractivity contribution in [2.24, 2.45) is 0 Å². The van der Waals surface area contributed by atoms with E-state index in [4.69, 9.17) is 4.74 Å². The van der Waals surface area contributed by atoms with Gasteiger partial charge in [0, 0.05) is 25.2 Å². The second-order valence-corrected chi connectivity index (χ2v) is 4.97. The average Bonchev–Trinajstić information content (AvgIpc) is 2.96. The molecule has 2 aromatic rings. The molecule has 1 aromatic heterocycles. The SMILES string of the molecule is CCC(=O)NCC1Cc2cccc(-c3ncccn3)c2O1. The van der Waals surface area contributed by atoms with E-state index in [1.54, 1.807) is 18.5 Å². The maximum atomic E-state index is 11.3. The van der Waals surface area contributed by atoms with Gasteiger partial charge in [-0.05, 0) is 17.7 Å². The summed E-state index contributed by atoms with van der Waals surface area (Å²) in [6, 6.07) is 7.78. The van der Waals surface area contributed by atoms with Gasteiger partial charge in [0.2, 0.25) is 5.91 Å². The minimum Gasteiger partial charge on any atom is -0.487 e. The summed E-state index contributed by atoms with van der Waals surface area (Å²) in [4.78, 5) is 19.9. The quantitative estimate of drug-likeness (QED) is 0.931. The van der Waals surface area contributed by atoms with E-state index >= 15 is 0 Å². The lowest BCUT2D eigenvalue weighted by atomic mass is 10.1. The number of ether oxygens (including phenoxy) is 1. The number of carbonyl (C=O) groups is 1. The van der Waals surface area contributed by atoms with Gasteiger partial charge in [0.15, 0.2) is 5.82 Å². The number of hydrogen-bond donors (Lipinski definition) is 1. The molecule has 0 radical (unpaired) electrons. The maximum absolute atomic E-state index is 11.3. The molecule has 5 nitrogen and oxygen atoms in total. The molecule has 1 N–H and O–H groups in total. The molecule has 0 saturated carbocycles. The monoisotopic (exact) mass is 283 g/mol. The topological polar surface area (TPSA) is 64.1 Å². The highest BCUT2D eigenvalue weighted by Gasteiger charge is 2.26. The zero-order valence-corrected chi connectivity index (χ0v) is 11.9. The molecule has 1 atom stereocenters. The molecule has 0 bridgehead atoms. The highest BCUT2D eigenvalue weighted by molar-refractivity contribution is 5.75. The number of nitrogens with zero attached hydrogens (tertiary/aromatic N) is 2. The number of amides is 1. The number of carbonyl (C=O) groups excluding carboxylic acids is 1. The van der Waals surface area contributed by atoms with E-state index in [1.165, 1.54) is 0 Å². The van der Waals surface area contributed by atoms with Crippen molar-refractivity contribution in [3.8, 4) is 17.1 Å². The predicted octanol–water partition coefficient (Wildman–Crippen LogP) is 1.97. The molecule has 1 aromatic carbocycles. The minimum atomic E-state index is -0.0274. The Labute approximate surface area is 123 Å². The van der Waals surface area contributed by atoms with Crippen molar-refractivity contribution in [3.63, 3.8) is 0 Å². The van der Waals surface area contributed by atoms with Crippen LogP contribution in [0, 0.1) is 0 Å². The lowest BCUT2D eigenvalue weighted by Crippen LogP contribution is -2.33. The van der Waals surface area contributed by atoms with Gasteiger partial charge in [-0.3, -0.25) is 4.79 Å². The summed E-state index contributed by atoms with van der Waals surface area (Å²) in [6.45, 7) is 2.36. The molecule has 1 amide bonds. The third-order valence-corrected chi connectivity index (χ3v) is 3.48. The Morgan fingerprint density at radius 2 is 2.14 bits per heavy atom. The van der Waals surface area contributed by atoms with E-state index in [2.05, 4.69) is 15.3 Å². The first-order valence-electron chi connectivity index (χ1n) is 7.10. The van der Waals surface area contributed by atoms with E-state index in [9.17, 15) is 4.79 Å². The van der Waals surface area contributed by atoms with Crippen LogP contribution in [-0.2, 0) is 11.2 Å². The summed E-state index contributed by atoms with van der Waals surface area (Å²) in [7, 11) is 0. The molecule has 0 aliphatic carbocycles. The standard InChI is InChI=1S/C16H17N3O2/c1-2-14(20)19-10-12-9-11-5-3-6-13(15(11)21-12)16-17-7-4-8-18-16/h3-8,12H,2,9-10H2,1H3,(H,19,20). The van der Waals surface area contributed by atoms with E-state index in [1.807, 2.05) is 25.1 Å². The van der Waals surface area contributed by atoms with E-state index in [0.717, 1.165) is 23.3 Å². The summed E-state index contributed by atoms with van der Waals surface area (Å²) in [6.07, 6.45) is 4.69. The van der Waals surface area contributed by atoms with Crippen LogP contribution < -0.4 is 10.1 Å². The van der Waals surface area contributed by atoms with Gasteiger partial charge >= 0.3 is 0 Å². The van der Waals surface area contributed by atoms with Gasteiger partial charge in [-0.1, -0.05) is 19.1 Å². The van der Waals surface area contributed by atoms with Gasteiger partial charge in [0.05, 0.1) is 12.1 Å². The Kier molecular flexibility index (Phi) is 3.81. The van der Waals surface area contributed by atoms with E-state index in [0.29, 0.717) is 18.8 Å². The summed E-state index contributed by atoms with van der Waals surface area (Å²) < 4.78 is 5.99. The Morgan fingerprint density at radius 1 is 1.33 bits per heavy atom. The van der Waals surface area contributed by atoms with Crippen LogP contribution in [-0.4, -0.2) is 28.5 Å². The Hall–Kier alpha value is -2.43. The lowest BCUT2D eigenvalue weighted by Gasteiger charge is -2.12. The molecule has 0 fully saturated rings. The number of nitrogens with one attached hydrogen (secondary N) is 1. The van der Waals surface area contributed by atoms with Crippen molar-refractivity contribution < 1.29 is 9.53 Å². The fraction of sp³-hybridized carbons (Fsp3) is 0.312. The second kappa shape index (κ2) is 5.91. The molecule has 1 aliphatic rings. The van der Waals surface area contributed by atoms with Crippen LogP contribution in [0.5, 0.6) is 5.75 Å². The Balaban J connectivity index is 1.79. The molecule has 5 heteroatoms. The van der Waals surface area contributed by atoms with Gasteiger partial charge in [0.25, 0.3) is 0 Å². The molecule has 3 rings (SSSR count). The van der Waals surface area contributed by atoms with Gasteiger partial charge in [-0.15, -0.1) is 0 Å². The minimum absolute atomic E-state index is 0.0274. The number of para-hydroxylation sites is 1. The summed E-state index contributed by atoms with van der Waals surface area (Å²) in [5, 5.41) is 2.87. The van der Waals surface area contributed by atoms with Crippen LogP contribution in [0.25, 0.3) is 11.4 Å². The number of fused-ring (bicyclic) bond motifs is 1. The molecule has 21 heavy (non-hydrogen) atoms. The highest BCUT2D eigenvalue weighted by Crippen LogP contribution is 2.37. The summed E-state index contributed by atoms with van der Waals surface area (Å²) in [5.74, 6) is 1.54. The third kappa shape index (κ3) is 2.86. The van der Waals surface area contributed by atoms with Gasteiger partial charge in [0.1, 0.15) is 11.9 Å². The summed E-state index contributed by atoms with van der Waals surface area (Å²) >= 11 is 0. The van der Waals surface area contributed by atoms with Crippen LogP contribution in [0.3, 0.4) is 0 Å². The van der Waals surface area contributed by atoms with Crippen LogP contribution >= 0.6 is 0 Å². The average molecular weight is 283 g/mol. The molecule has 2 heterocycles. The second-order valence-electron chi connectivity index (χ2n) is 4.97.